The van der Waals surface area contributed by atoms with Crippen LogP contribution in [0.1, 0.15) is 37.8 Å². The molecule has 0 saturated heterocycles. The lowest BCUT2D eigenvalue weighted by atomic mass is 9.93. The Morgan fingerprint density at radius 1 is 1.04 bits per heavy atom. The van der Waals surface area contributed by atoms with Crippen molar-refractivity contribution in [3.8, 4) is 11.8 Å². The monoisotopic (exact) mass is 378 g/mol. The third-order valence-electron chi connectivity index (χ3n) is 3.41. The van der Waals surface area contributed by atoms with Gasteiger partial charge >= 0.3 is 6.03 Å². The minimum absolute atomic E-state index is 0.173. The van der Waals surface area contributed by atoms with Gasteiger partial charge in [0.25, 0.3) is 0 Å². The number of hydrogen-bond acceptors (Lipinski definition) is 8. The number of rotatable bonds is 2. The summed E-state index contributed by atoms with van der Waals surface area (Å²) in [6.07, 6.45) is 4.31. The van der Waals surface area contributed by atoms with Crippen molar-refractivity contribution in [2.45, 2.75) is 26.2 Å². The number of amides is 2. The number of urea groups is 1. The second kappa shape index (κ2) is 7.71. The van der Waals surface area contributed by atoms with E-state index in [4.69, 9.17) is 10.3 Å². The van der Waals surface area contributed by atoms with Crippen LogP contribution in [0.2, 0.25) is 0 Å². The quantitative estimate of drug-likeness (QED) is 0.575. The van der Waals surface area contributed by atoms with Gasteiger partial charge in [-0.3, -0.25) is 10.6 Å². The van der Waals surface area contributed by atoms with Crippen molar-refractivity contribution in [3.05, 3.63) is 47.9 Å². The molecule has 28 heavy (non-hydrogen) atoms. The van der Waals surface area contributed by atoms with E-state index in [2.05, 4.69) is 47.6 Å². The highest BCUT2D eigenvalue weighted by atomic mass is 16.5. The fourth-order valence-corrected chi connectivity index (χ4v) is 1.98. The molecule has 142 valence electrons. The summed E-state index contributed by atoms with van der Waals surface area (Å²) in [4.78, 5) is 27.9. The summed E-state index contributed by atoms with van der Waals surface area (Å²) < 4.78 is 5.23. The SMILES string of the molecule is CC(C)(C)c1cc(NC(=O)Nc2cc(C#Cc3cnc(N)nc3)ncn2)no1. The predicted octanol–water partition coefficient (Wildman–Crippen LogP) is 2.18. The normalized spacial score (nSPS) is 10.7. The van der Waals surface area contributed by atoms with E-state index in [9.17, 15) is 4.79 Å². The van der Waals surface area contributed by atoms with Crippen molar-refractivity contribution in [1.29, 1.82) is 0 Å². The van der Waals surface area contributed by atoms with Gasteiger partial charge in [0.05, 0.1) is 5.56 Å². The first-order valence-electron chi connectivity index (χ1n) is 8.26. The summed E-state index contributed by atoms with van der Waals surface area (Å²) >= 11 is 0. The van der Waals surface area contributed by atoms with E-state index in [0.717, 1.165) is 0 Å². The largest absolute Gasteiger partial charge is 0.368 e. The summed E-state index contributed by atoms with van der Waals surface area (Å²) in [6.45, 7) is 5.95. The number of anilines is 3. The van der Waals surface area contributed by atoms with Crippen LogP contribution in [0.15, 0.2) is 35.4 Å². The van der Waals surface area contributed by atoms with Crippen LogP contribution in [-0.4, -0.2) is 31.1 Å². The van der Waals surface area contributed by atoms with Crippen LogP contribution >= 0.6 is 0 Å². The van der Waals surface area contributed by atoms with Gasteiger partial charge < -0.3 is 10.3 Å². The van der Waals surface area contributed by atoms with Gasteiger partial charge in [0.2, 0.25) is 5.95 Å². The van der Waals surface area contributed by atoms with Crippen molar-refractivity contribution in [2.24, 2.45) is 0 Å². The molecule has 3 heterocycles. The minimum Gasteiger partial charge on any atom is -0.368 e. The molecule has 0 aliphatic rings. The molecule has 2 amide bonds. The van der Waals surface area contributed by atoms with Crippen molar-refractivity contribution < 1.29 is 9.32 Å². The first-order valence-corrected chi connectivity index (χ1v) is 8.26. The molecule has 0 aliphatic heterocycles. The standard InChI is InChI=1S/C18H18N8O2/c1-18(2,3)13-7-15(26-28-13)25-17(27)24-14-6-12(22-10-23-14)5-4-11-8-20-16(19)21-9-11/h6-10H,1-3H3,(H2,19,20,21)(H2,22,23,24,25,26,27). The number of nitrogens with two attached hydrogens (primary N) is 1. The first-order chi connectivity index (χ1) is 13.3. The molecule has 0 unspecified atom stereocenters. The van der Waals surface area contributed by atoms with Crippen LogP contribution in [0.5, 0.6) is 0 Å². The number of hydrogen-bond donors (Lipinski definition) is 3. The van der Waals surface area contributed by atoms with Crippen LogP contribution in [0.4, 0.5) is 22.4 Å². The Balaban J connectivity index is 1.65. The molecule has 0 radical (unpaired) electrons. The van der Waals surface area contributed by atoms with Gasteiger partial charge in [-0.05, 0) is 5.92 Å². The van der Waals surface area contributed by atoms with Gasteiger partial charge in [-0.1, -0.05) is 31.8 Å². The summed E-state index contributed by atoms with van der Waals surface area (Å²) in [7, 11) is 0. The van der Waals surface area contributed by atoms with Gasteiger partial charge in [-0.15, -0.1) is 0 Å². The molecule has 3 aromatic rings. The zero-order valence-corrected chi connectivity index (χ0v) is 15.5. The molecule has 0 bridgehead atoms. The second-order valence-electron chi connectivity index (χ2n) is 6.77. The number of carbonyl (C=O) groups is 1. The maximum atomic E-state index is 12.1. The van der Waals surface area contributed by atoms with E-state index in [-0.39, 0.29) is 17.2 Å². The predicted molar refractivity (Wildman–Crippen MR) is 102 cm³/mol. The molecule has 10 nitrogen and oxygen atoms in total. The Kier molecular flexibility index (Phi) is 5.17. The molecule has 0 spiro atoms. The lowest BCUT2D eigenvalue weighted by molar-refractivity contribution is 0.261. The van der Waals surface area contributed by atoms with E-state index in [1.807, 2.05) is 20.8 Å². The topological polar surface area (TPSA) is 145 Å². The number of carbonyl (C=O) groups excluding carboxylic acids is 1. The van der Waals surface area contributed by atoms with E-state index in [1.165, 1.54) is 24.8 Å². The maximum absolute atomic E-state index is 12.1. The maximum Gasteiger partial charge on any atom is 0.326 e. The Morgan fingerprint density at radius 2 is 1.75 bits per heavy atom. The van der Waals surface area contributed by atoms with Gasteiger partial charge in [0.1, 0.15) is 23.6 Å². The van der Waals surface area contributed by atoms with E-state index >= 15 is 0 Å². The smallest absolute Gasteiger partial charge is 0.326 e. The summed E-state index contributed by atoms with van der Waals surface area (Å²) in [5, 5.41) is 9.01. The van der Waals surface area contributed by atoms with E-state index in [1.54, 1.807) is 6.07 Å². The van der Waals surface area contributed by atoms with Gasteiger partial charge in [-0.2, -0.15) is 0 Å². The molecular weight excluding hydrogens is 360 g/mol. The van der Waals surface area contributed by atoms with Crippen LogP contribution in [0.25, 0.3) is 0 Å². The zero-order chi connectivity index (χ0) is 20.1. The molecule has 0 aliphatic carbocycles. The molecular formula is C18H18N8O2. The van der Waals surface area contributed by atoms with Gasteiger partial charge in [-0.25, -0.2) is 24.7 Å². The molecule has 0 aromatic carbocycles. The minimum atomic E-state index is -0.515. The zero-order valence-electron chi connectivity index (χ0n) is 15.5. The van der Waals surface area contributed by atoms with E-state index < -0.39 is 6.03 Å². The number of nitrogens with one attached hydrogen (secondary N) is 2. The molecule has 0 saturated carbocycles. The Hall–Kier alpha value is -4.00. The molecule has 0 atom stereocenters. The molecule has 4 N–H and O–H groups in total. The number of aromatic nitrogens is 5. The third kappa shape index (κ3) is 5.01. The Labute approximate surface area is 161 Å². The van der Waals surface area contributed by atoms with Crippen LogP contribution in [0, 0.1) is 11.8 Å². The number of nitrogens with zero attached hydrogens (tertiary/aromatic N) is 5. The lowest BCUT2D eigenvalue weighted by Gasteiger charge is -2.12. The van der Waals surface area contributed by atoms with E-state index in [0.29, 0.717) is 22.8 Å². The van der Waals surface area contributed by atoms with Crippen LogP contribution < -0.4 is 16.4 Å². The summed E-state index contributed by atoms with van der Waals surface area (Å²) in [5.74, 6) is 7.12. The highest BCUT2D eigenvalue weighted by molar-refractivity contribution is 5.98. The fraction of sp³-hybridized carbons (Fsp3) is 0.222. The van der Waals surface area contributed by atoms with Crippen molar-refractivity contribution >= 4 is 23.6 Å². The van der Waals surface area contributed by atoms with Crippen molar-refractivity contribution in [1.82, 2.24) is 25.1 Å². The number of nitrogen functional groups attached to an aromatic ring is 1. The fourth-order valence-electron chi connectivity index (χ4n) is 1.98. The Bertz CT molecular complexity index is 1040. The second-order valence-corrected chi connectivity index (χ2v) is 6.77. The summed E-state index contributed by atoms with van der Waals surface area (Å²) in [5.41, 5.74) is 6.22. The molecule has 3 rings (SSSR count). The van der Waals surface area contributed by atoms with Gasteiger partial charge in [0, 0.05) is 29.9 Å². The summed E-state index contributed by atoms with van der Waals surface area (Å²) in [6, 6.07) is 2.69. The average molecular weight is 378 g/mol. The van der Waals surface area contributed by atoms with Crippen LogP contribution in [0.3, 0.4) is 0 Å². The lowest BCUT2D eigenvalue weighted by Crippen LogP contribution is -2.20. The first kappa shape index (κ1) is 18.8. The van der Waals surface area contributed by atoms with Crippen molar-refractivity contribution in [2.75, 3.05) is 16.4 Å². The molecule has 0 fully saturated rings. The van der Waals surface area contributed by atoms with Crippen LogP contribution in [-0.2, 0) is 5.41 Å². The Morgan fingerprint density at radius 3 is 2.43 bits per heavy atom. The molecule has 3 aromatic heterocycles. The average Bonchev–Trinajstić information content (AvgIpc) is 3.10. The van der Waals surface area contributed by atoms with Crippen molar-refractivity contribution in [3.63, 3.8) is 0 Å². The van der Waals surface area contributed by atoms with Gasteiger partial charge in [0.15, 0.2) is 5.82 Å². The highest BCUT2D eigenvalue weighted by Gasteiger charge is 2.20. The highest BCUT2D eigenvalue weighted by Crippen LogP contribution is 2.24. The third-order valence-corrected chi connectivity index (χ3v) is 3.41. The molecule has 10 heteroatoms.